The Kier molecular flexibility index (Phi) is 5.53. The number of fused-ring (bicyclic) bond motifs is 1. The lowest BCUT2D eigenvalue weighted by Gasteiger charge is -2.19. The molecule has 0 saturated carbocycles. The van der Waals surface area contributed by atoms with Crippen LogP contribution in [0.3, 0.4) is 0 Å². The number of nitrogens with zero attached hydrogens (tertiary/aromatic N) is 1. The van der Waals surface area contributed by atoms with Gasteiger partial charge < -0.3 is 5.32 Å². The number of anilines is 1. The van der Waals surface area contributed by atoms with Gasteiger partial charge in [-0.05, 0) is 55.1 Å². The number of carbonyl (C=O) groups excluding carboxylic acids is 1. The van der Waals surface area contributed by atoms with Crippen molar-refractivity contribution < 1.29 is 13.2 Å². The first-order chi connectivity index (χ1) is 12.8. The molecule has 2 aromatic carbocycles. The van der Waals surface area contributed by atoms with Crippen LogP contribution in [0.5, 0.6) is 0 Å². The molecular formula is C20H22N2O3S2. The van der Waals surface area contributed by atoms with E-state index in [1.54, 1.807) is 42.5 Å². The summed E-state index contributed by atoms with van der Waals surface area (Å²) in [6.45, 7) is 4.55. The Hall–Kier alpha value is -2.38. The zero-order valence-electron chi connectivity index (χ0n) is 15.5. The zero-order chi connectivity index (χ0) is 19.6. The van der Waals surface area contributed by atoms with E-state index >= 15 is 0 Å². The molecule has 1 heterocycles. The fourth-order valence-corrected chi connectivity index (χ4v) is 4.82. The fourth-order valence-electron chi connectivity index (χ4n) is 2.67. The van der Waals surface area contributed by atoms with E-state index in [4.69, 9.17) is 0 Å². The summed E-state index contributed by atoms with van der Waals surface area (Å²) >= 11 is 1.40. The maximum Gasteiger partial charge on any atom is 0.264 e. The van der Waals surface area contributed by atoms with Gasteiger partial charge in [-0.2, -0.15) is 0 Å². The zero-order valence-corrected chi connectivity index (χ0v) is 17.2. The van der Waals surface area contributed by atoms with Gasteiger partial charge in [-0.15, -0.1) is 11.3 Å². The van der Waals surface area contributed by atoms with Gasteiger partial charge >= 0.3 is 0 Å². The molecule has 0 bridgehead atoms. The Morgan fingerprint density at radius 1 is 1.11 bits per heavy atom. The molecule has 0 radical (unpaired) electrons. The van der Waals surface area contributed by atoms with Crippen molar-refractivity contribution in [1.29, 1.82) is 0 Å². The number of rotatable bonds is 6. The predicted octanol–water partition coefficient (Wildman–Crippen LogP) is 4.17. The molecule has 1 aromatic heterocycles. The second-order valence-corrected chi connectivity index (χ2v) is 9.43. The van der Waals surface area contributed by atoms with Gasteiger partial charge in [0, 0.05) is 18.3 Å². The van der Waals surface area contributed by atoms with Crippen molar-refractivity contribution in [2.45, 2.75) is 25.2 Å². The molecule has 0 atom stereocenters. The maximum atomic E-state index is 12.9. The summed E-state index contributed by atoms with van der Waals surface area (Å²) in [7, 11) is -2.10. The minimum atomic E-state index is -3.64. The molecule has 0 fully saturated rings. The molecule has 0 aliphatic rings. The smallest absolute Gasteiger partial charge is 0.264 e. The first kappa shape index (κ1) is 19.4. The third-order valence-electron chi connectivity index (χ3n) is 4.30. The predicted molar refractivity (Wildman–Crippen MR) is 111 cm³/mol. The van der Waals surface area contributed by atoms with Crippen LogP contribution in [0.4, 0.5) is 5.69 Å². The number of thiophene rings is 1. The summed E-state index contributed by atoms with van der Waals surface area (Å²) in [4.78, 5) is 13.0. The Morgan fingerprint density at radius 3 is 2.48 bits per heavy atom. The number of amides is 1. The second-order valence-electron chi connectivity index (χ2n) is 6.37. The van der Waals surface area contributed by atoms with Gasteiger partial charge in [0.15, 0.2) is 0 Å². The molecule has 1 amide bonds. The van der Waals surface area contributed by atoms with Crippen LogP contribution < -0.4 is 9.62 Å². The highest BCUT2D eigenvalue weighted by atomic mass is 32.2. The molecule has 0 saturated heterocycles. The van der Waals surface area contributed by atoms with E-state index in [1.807, 2.05) is 19.9 Å². The van der Waals surface area contributed by atoms with Gasteiger partial charge in [0.05, 0.1) is 15.5 Å². The molecule has 1 N–H and O–H groups in total. The van der Waals surface area contributed by atoms with E-state index < -0.39 is 10.0 Å². The lowest BCUT2D eigenvalue weighted by molar-refractivity contribution is 0.0958. The highest BCUT2D eigenvalue weighted by Crippen LogP contribution is 2.31. The summed E-state index contributed by atoms with van der Waals surface area (Å²) in [6.07, 6.45) is 0.877. The average Bonchev–Trinajstić information content (AvgIpc) is 3.09. The first-order valence-corrected chi connectivity index (χ1v) is 11.0. The van der Waals surface area contributed by atoms with Crippen molar-refractivity contribution >= 4 is 43.0 Å². The van der Waals surface area contributed by atoms with Crippen LogP contribution >= 0.6 is 11.3 Å². The van der Waals surface area contributed by atoms with Crippen LogP contribution in [0.1, 0.15) is 28.6 Å². The number of benzene rings is 2. The summed E-state index contributed by atoms with van der Waals surface area (Å²) < 4.78 is 28.0. The van der Waals surface area contributed by atoms with Crippen LogP contribution in [0.25, 0.3) is 10.1 Å². The monoisotopic (exact) mass is 402 g/mol. The van der Waals surface area contributed by atoms with Crippen LogP contribution in [0.15, 0.2) is 53.4 Å². The molecule has 7 heteroatoms. The summed E-state index contributed by atoms with van der Waals surface area (Å²) in [5.41, 5.74) is 1.56. The molecule has 3 aromatic rings. The maximum absolute atomic E-state index is 12.9. The van der Waals surface area contributed by atoms with Gasteiger partial charge in [-0.1, -0.05) is 24.6 Å². The summed E-state index contributed by atoms with van der Waals surface area (Å²) in [5.74, 6) is -0.0970. The van der Waals surface area contributed by atoms with E-state index in [0.29, 0.717) is 17.1 Å². The van der Waals surface area contributed by atoms with Crippen LogP contribution in [-0.2, 0) is 10.0 Å². The number of hydrogen-bond acceptors (Lipinski definition) is 4. The van der Waals surface area contributed by atoms with Crippen molar-refractivity contribution in [3.8, 4) is 0 Å². The third-order valence-corrected chi connectivity index (χ3v) is 7.22. The van der Waals surface area contributed by atoms with E-state index in [2.05, 4.69) is 5.32 Å². The van der Waals surface area contributed by atoms with Crippen molar-refractivity contribution in [2.75, 3.05) is 17.9 Å². The highest BCUT2D eigenvalue weighted by Gasteiger charge is 2.21. The molecule has 0 aliphatic carbocycles. The quantitative estimate of drug-likeness (QED) is 0.673. The largest absolute Gasteiger partial charge is 0.351 e. The molecule has 3 rings (SSSR count). The van der Waals surface area contributed by atoms with Crippen LogP contribution in [0, 0.1) is 6.92 Å². The topological polar surface area (TPSA) is 66.5 Å². The van der Waals surface area contributed by atoms with E-state index in [0.717, 1.165) is 22.1 Å². The molecule has 0 spiro atoms. The van der Waals surface area contributed by atoms with E-state index in [1.165, 1.54) is 22.7 Å². The number of nitrogens with one attached hydrogen (secondary N) is 1. The average molecular weight is 403 g/mol. The Labute approximate surface area is 163 Å². The van der Waals surface area contributed by atoms with E-state index in [-0.39, 0.29) is 10.8 Å². The van der Waals surface area contributed by atoms with Crippen molar-refractivity contribution in [3.05, 3.63) is 59.0 Å². The van der Waals surface area contributed by atoms with Crippen molar-refractivity contribution in [3.63, 3.8) is 0 Å². The summed E-state index contributed by atoms with van der Waals surface area (Å²) in [6, 6.07) is 14.0. The number of aryl methyl sites for hydroxylation is 1. The summed E-state index contributed by atoms with van der Waals surface area (Å²) in [5, 5.41) is 3.71. The molecule has 0 aliphatic heterocycles. The molecular weight excluding hydrogens is 380 g/mol. The van der Waals surface area contributed by atoms with Gasteiger partial charge in [-0.25, -0.2) is 8.42 Å². The fraction of sp³-hybridized carbons (Fsp3) is 0.250. The second kappa shape index (κ2) is 7.70. The van der Waals surface area contributed by atoms with Gasteiger partial charge in [0.1, 0.15) is 0 Å². The minimum Gasteiger partial charge on any atom is -0.351 e. The van der Waals surface area contributed by atoms with Gasteiger partial charge in [0.2, 0.25) is 0 Å². The third kappa shape index (κ3) is 3.99. The van der Waals surface area contributed by atoms with Crippen LogP contribution in [0.2, 0.25) is 0 Å². The highest BCUT2D eigenvalue weighted by molar-refractivity contribution is 7.92. The lowest BCUT2D eigenvalue weighted by atomic mass is 10.2. The van der Waals surface area contributed by atoms with Crippen LogP contribution in [-0.4, -0.2) is 27.9 Å². The molecule has 142 valence electrons. The van der Waals surface area contributed by atoms with Crippen molar-refractivity contribution in [2.24, 2.45) is 0 Å². The SMILES string of the molecule is CCCNC(=O)c1cc2cc(N(C)S(=O)(=O)c3ccc(C)cc3)ccc2s1. The van der Waals surface area contributed by atoms with Gasteiger partial charge in [-0.3, -0.25) is 9.10 Å². The first-order valence-electron chi connectivity index (χ1n) is 8.70. The lowest BCUT2D eigenvalue weighted by Crippen LogP contribution is -2.26. The standard InChI is InChI=1S/C20H22N2O3S2/c1-4-11-21-20(23)19-13-15-12-16(7-10-18(15)26-19)22(3)27(24,25)17-8-5-14(2)6-9-17/h5-10,12-13H,4,11H2,1-3H3,(H,21,23). The Morgan fingerprint density at radius 2 is 1.81 bits per heavy atom. The normalized spacial score (nSPS) is 11.5. The molecule has 27 heavy (non-hydrogen) atoms. The minimum absolute atomic E-state index is 0.0970. The van der Waals surface area contributed by atoms with E-state index in [9.17, 15) is 13.2 Å². The van der Waals surface area contributed by atoms with Gasteiger partial charge in [0.25, 0.3) is 15.9 Å². The number of hydrogen-bond donors (Lipinski definition) is 1. The van der Waals surface area contributed by atoms with Crippen molar-refractivity contribution in [1.82, 2.24) is 5.32 Å². The molecule has 0 unspecified atom stereocenters. The Balaban J connectivity index is 1.92. The number of carbonyl (C=O) groups is 1. The molecule has 5 nitrogen and oxygen atoms in total. The number of sulfonamides is 1. The Bertz CT molecular complexity index is 1070.